The van der Waals surface area contributed by atoms with E-state index in [1.54, 1.807) is 11.8 Å². The Hall–Kier alpha value is 0.270. The summed E-state index contributed by atoms with van der Waals surface area (Å²) in [4.78, 5) is 0. The first kappa shape index (κ1) is 7.38. The molecule has 2 N–H and O–H groups in total. The lowest BCUT2D eigenvalue weighted by atomic mass is 10.2. The van der Waals surface area contributed by atoms with Gasteiger partial charge in [-0.2, -0.15) is 11.8 Å². The van der Waals surface area contributed by atoms with E-state index in [0.717, 1.165) is 12.8 Å². The molecule has 0 aromatic rings. The molecule has 0 bridgehead atoms. The highest BCUT2D eigenvalue weighted by Crippen LogP contribution is 2.32. The molecule has 0 amide bonds. The largest absolute Gasteiger partial charge is 0.395 e. The lowest BCUT2D eigenvalue weighted by Crippen LogP contribution is -2.05. The third-order valence-electron chi connectivity index (χ3n) is 1.60. The molecule has 54 valence electrons. The normalized spacial score (nSPS) is 35.3. The Labute approximate surface area is 59.3 Å². The molecule has 2 nitrogen and oxygen atoms in total. The molecule has 1 aliphatic heterocycles. The van der Waals surface area contributed by atoms with Gasteiger partial charge in [-0.15, -0.1) is 0 Å². The Bertz CT molecular complexity index is 77.1. The molecule has 0 saturated carbocycles. The van der Waals surface area contributed by atoms with Gasteiger partial charge < -0.3 is 10.2 Å². The SMILES string of the molecule is OCC1CC[C@@H](CO)S1. The fourth-order valence-electron chi connectivity index (χ4n) is 1.05. The highest BCUT2D eigenvalue weighted by atomic mass is 32.2. The van der Waals surface area contributed by atoms with Crippen molar-refractivity contribution in [2.75, 3.05) is 13.2 Å². The summed E-state index contributed by atoms with van der Waals surface area (Å²) in [6.45, 7) is 0.530. The molecule has 0 spiro atoms. The average molecular weight is 148 g/mol. The predicted molar refractivity (Wildman–Crippen MR) is 38.6 cm³/mol. The quantitative estimate of drug-likeness (QED) is 0.589. The molecule has 1 heterocycles. The van der Waals surface area contributed by atoms with E-state index in [1.165, 1.54) is 0 Å². The number of hydrogen-bond acceptors (Lipinski definition) is 3. The second-order valence-electron chi connectivity index (χ2n) is 2.32. The Balaban J connectivity index is 2.20. The molecule has 1 rings (SSSR count). The molecule has 0 aliphatic carbocycles. The second kappa shape index (κ2) is 3.44. The van der Waals surface area contributed by atoms with Gasteiger partial charge in [-0.05, 0) is 12.8 Å². The average Bonchev–Trinajstić information content (AvgIpc) is 2.34. The lowest BCUT2D eigenvalue weighted by molar-refractivity contribution is 0.284. The fraction of sp³-hybridized carbons (Fsp3) is 1.00. The summed E-state index contributed by atoms with van der Waals surface area (Å²) in [5.74, 6) is 0. The van der Waals surface area contributed by atoms with Crippen LogP contribution in [-0.4, -0.2) is 33.9 Å². The summed E-state index contributed by atoms with van der Waals surface area (Å²) in [7, 11) is 0. The Morgan fingerprint density at radius 2 is 1.56 bits per heavy atom. The van der Waals surface area contributed by atoms with Crippen molar-refractivity contribution in [3.8, 4) is 0 Å². The zero-order valence-electron chi connectivity index (χ0n) is 5.29. The Morgan fingerprint density at radius 1 is 1.11 bits per heavy atom. The smallest absolute Gasteiger partial charge is 0.0550 e. The Morgan fingerprint density at radius 3 is 1.78 bits per heavy atom. The van der Waals surface area contributed by atoms with E-state index in [1.807, 2.05) is 0 Å². The van der Waals surface area contributed by atoms with Crippen molar-refractivity contribution >= 4 is 11.8 Å². The van der Waals surface area contributed by atoms with Gasteiger partial charge in [-0.1, -0.05) is 0 Å². The molecular formula is C6H12O2S. The number of thioether (sulfide) groups is 1. The van der Waals surface area contributed by atoms with Crippen molar-refractivity contribution in [2.45, 2.75) is 23.3 Å². The van der Waals surface area contributed by atoms with Gasteiger partial charge in [0.1, 0.15) is 0 Å². The summed E-state index contributed by atoms with van der Waals surface area (Å²) >= 11 is 1.71. The van der Waals surface area contributed by atoms with E-state index >= 15 is 0 Å². The van der Waals surface area contributed by atoms with Crippen LogP contribution in [0.25, 0.3) is 0 Å². The summed E-state index contributed by atoms with van der Waals surface area (Å²) in [6.07, 6.45) is 2.12. The third-order valence-corrected chi connectivity index (χ3v) is 3.14. The van der Waals surface area contributed by atoms with Gasteiger partial charge in [0, 0.05) is 10.5 Å². The van der Waals surface area contributed by atoms with Crippen LogP contribution in [-0.2, 0) is 0 Å². The van der Waals surface area contributed by atoms with Gasteiger partial charge in [0.05, 0.1) is 13.2 Å². The number of hydrogen-bond donors (Lipinski definition) is 2. The van der Waals surface area contributed by atoms with Crippen LogP contribution in [0.5, 0.6) is 0 Å². The van der Waals surface area contributed by atoms with Crippen LogP contribution < -0.4 is 0 Å². The topological polar surface area (TPSA) is 40.5 Å². The van der Waals surface area contributed by atoms with Crippen LogP contribution in [0.2, 0.25) is 0 Å². The van der Waals surface area contributed by atoms with E-state index in [-0.39, 0.29) is 13.2 Å². The van der Waals surface area contributed by atoms with Gasteiger partial charge in [0.2, 0.25) is 0 Å². The molecule has 3 heteroatoms. The zero-order valence-corrected chi connectivity index (χ0v) is 6.10. The minimum absolute atomic E-state index is 0.265. The van der Waals surface area contributed by atoms with Crippen molar-refractivity contribution in [1.29, 1.82) is 0 Å². The molecule has 1 aliphatic rings. The molecule has 0 aromatic carbocycles. The molecule has 1 saturated heterocycles. The fourth-order valence-corrected chi connectivity index (χ4v) is 2.31. The first-order valence-electron chi connectivity index (χ1n) is 3.24. The maximum atomic E-state index is 8.68. The van der Waals surface area contributed by atoms with Crippen LogP contribution in [0, 0.1) is 0 Å². The summed E-state index contributed by atoms with van der Waals surface area (Å²) in [5, 5.41) is 18.1. The van der Waals surface area contributed by atoms with Gasteiger partial charge in [-0.25, -0.2) is 0 Å². The van der Waals surface area contributed by atoms with Crippen LogP contribution in [0.4, 0.5) is 0 Å². The maximum Gasteiger partial charge on any atom is 0.0550 e. The van der Waals surface area contributed by atoms with Gasteiger partial charge in [0.25, 0.3) is 0 Å². The summed E-state index contributed by atoms with van der Waals surface area (Å²) < 4.78 is 0. The number of aliphatic hydroxyl groups excluding tert-OH is 2. The van der Waals surface area contributed by atoms with Crippen LogP contribution in [0.1, 0.15) is 12.8 Å². The monoisotopic (exact) mass is 148 g/mol. The molecular weight excluding hydrogens is 136 g/mol. The molecule has 0 aromatic heterocycles. The Kier molecular flexibility index (Phi) is 2.82. The molecule has 1 unspecified atom stereocenters. The summed E-state index contributed by atoms with van der Waals surface area (Å²) in [6, 6.07) is 0. The summed E-state index contributed by atoms with van der Waals surface area (Å²) in [5.41, 5.74) is 0. The number of rotatable bonds is 2. The number of aliphatic hydroxyl groups is 2. The third kappa shape index (κ3) is 1.85. The van der Waals surface area contributed by atoms with E-state index in [2.05, 4.69) is 0 Å². The van der Waals surface area contributed by atoms with E-state index in [4.69, 9.17) is 10.2 Å². The van der Waals surface area contributed by atoms with E-state index in [0.29, 0.717) is 10.5 Å². The molecule has 0 radical (unpaired) electrons. The van der Waals surface area contributed by atoms with Crippen molar-refractivity contribution < 1.29 is 10.2 Å². The van der Waals surface area contributed by atoms with Crippen molar-refractivity contribution in [1.82, 2.24) is 0 Å². The molecule has 2 atom stereocenters. The second-order valence-corrected chi connectivity index (χ2v) is 3.93. The van der Waals surface area contributed by atoms with Gasteiger partial charge in [-0.3, -0.25) is 0 Å². The van der Waals surface area contributed by atoms with Crippen LogP contribution in [0.15, 0.2) is 0 Å². The predicted octanol–water partition coefficient (Wildman–Crippen LogP) is 0.235. The van der Waals surface area contributed by atoms with Gasteiger partial charge in [0.15, 0.2) is 0 Å². The standard InChI is InChI=1S/C6H12O2S/c7-3-5-1-2-6(4-8)9-5/h5-8H,1-4H2/t5-,6?/m0/s1. The molecule has 1 fully saturated rings. The van der Waals surface area contributed by atoms with Crippen LogP contribution in [0.3, 0.4) is 0 Å². The lowest BCUT2D eigenvalue weighted by Gasteiger charge is -2.04. The first-order valence-corrected chi connectivity index (χ1v) is 4.18. The minimum Gasteiger partial charge on any atom is -0.395 e. The zero-order chi connectivity index (χ0) is 6.69. The van der Waals surface area contributed by atoms with Crippen molar-refractivity contribution in [2.24, 2.45) is 0 Å². The highest BCUT2D eigenvalue weighted by Gasteiger charge is 2.23. The highest BCUT2D eigenvalue weighted by molar-refractivity contribution is 8.00. The van der Waals surface area contributed by atoms with E-state index in [9.17, 15) is 0 Å². The first-order chi connectivity index (χ1) is 4.36. The van der Waals surface area contributed by atoms with Gasteiger partial charge >= 0.3 is 0 Å². The van der Waals surface area contributed by atoms with Crippen molar-refractivity contribution in [3.63, 3.8) is 0 Å². The van der Waals surface area contributed by atoms with Crippen molar-refractivity contribution in [3.05, 3.63) is 0 Å². The maximum absolute atomic E-state index is 8.68. The minimum atomic E-state index is 0.265. The van der Waals surface area contributed by atoms with E-state index < -0.39 is 0 Å². The molecule has 9 heavy (non-hydrogen) atoms. The van der Waals surface area contributed by atoms with Crippen LogP contribution >= 0.6 is 11.8 Å².